The van der Waals surface area contributed by atoms with E-state index in [0.29, 0.717) is 16.5 Å². The van der Waals surface area contributed by atoms with Gasteiger partial charge in [-0.2, -0.15) is 4.68 Å². The van der Waals surface area contributed by atoms with Crippen molar-refractivity contribution < 1.29 is 4.92 Å². The van der Waals surface area contributed by atoms with E-state index in [-0.39, 0.29) is 10.6 Å². The highest BCUT2D eigenvalue weighted by atomic mass is 32.2. The van der Waals surface area contributed by atoms with Gasteiger partial charge in [0.2, 0.25) is 5.16 Å². The summed E-state index contributed by atoms with van der Waals surface area (Å²) in [4.78, 5) is 10.7. The van der Waals surface area contributed by atoms with E-state index in [2.05, 4.69) is 15.5 Å². The second-order valence-corrected chi connectivity index (χ2v) is 5.83. The first-order valence-corrected chi connectivity index (χ1v) is 7.84. The number of aryl methyl sites for hydroxylation is 1. The van der Waals surface area contributed by atoms with Crippen LogP contribution in [0.3, 0.4) is 0 Å². The van der Waals surface area contributed by atoms with Crippen molar-refractivity contribution in [3.8, 4) is 5.69 Å². The molecular weight excluding hydrogens is 314 g/mol. The number of hydrogen-bond acceptors (Lipinski definition) is 6. The van der Waals surface area contributed by atoms with E-state index in [0.717, 1.165) is 11.3 Å². The standard InChI is InChI=1S/C15H13N5O2S/c1-11-6-8-13(9-7-11)19-15(16-17-18-19)23-10-12-4-2-3-5-14(12)20(21)22/h2-9H,10H2,1H3. The molecule has 23 heavy (non-hydrogen) atoms. The maximum atomic E-state index is 11.1. The Bertz CT molecular complexity index is 832. The van der Waals surface area contributed by atoms with E-state index in [1.165, 1.54) is 17.8 Å². The summed E-state index contributed by atoms with van der Waals surface area (Å²) >= 11 is 1.36. The quantitative estimate of drug-likeness (QED) is 0.406. The molecule has 1 heterocycles. The van der Waals surface area contributed by atoms with Crippen LogP contribution >= 0.6 is 11.8 Å². The van der Waals surface area contributed by atoms with Gasteiger partial charge < -0.3 is 0 Å². The Kier molecular flexibility index (Phi) is 4.33. The van der Waals surface area contributed by atoms with E-state index in [9.17, 15) is 10.1 Å². The number of nitro benzene ring substituents is 1. The molecule has 3 rings (SSSR count). The summed E-state index contributed by atoms with van der Waals surface area (Å²) in [5.41, 5.74) is 2.75. The highest BCUT2D eigenvalue weighted by Crippen LogP contribution is 2.27. The van der Waals surface area contributed by atoms with Crippen LogP contribution in [0.4, 0.5) is 5.69 Å². The third kappa shape index (κ3) is 3.37. The molecule has 0 aliphatic heterocycles. The van der Waals surface area contributed by atoms with Crippen LogP contribution in [0.15, 0.2) is 53.7 Å². The van der Waals surface area contributed by atoms with Crippen molar-refractivity contribution in [1.29, 1.82) is 0 Å². The van der Waals surface area contributed by atoms with Crippen LogP contribution in [0.2, 0.25) is 0 Å². The first kappa shape index (κ1) is 15.2. The van der Waals surface area contributed by atoms with Gasteiger partial charge in [0, 0.05) is 17.4 Å². The second-order valence-electron chi connectivity index (χ2n) is 4.88. The molecule has 116 valence electrons. The lowest BCUT2D eigenvalue weighted by atomic mass is 10.2. The van der Waals surface area contributed by atoms with Crippen molar-refractivity contribution in [3.63, 3.8) is 0 Å². The average Bonchev–Trinajstić information content (AvgIpc) is 3.02. The molecule has 1 aromatic heterocycles. The number of nitrogens with zero attached hydrogens (tertiary/aromatic N) is 5. The molecule has 3 aromatic rings. The molecule has 0 atom stereocenters. The summed E-state index contributed by atoms with van der Waals surface area (Å²) in [7, 11) is 0. The Labute approximate surface area is 136 Å². The van der Waals surface area contributed by atoms with Gasteiger partial charge >= 0.3 is 0 Å². The predicted octanol–water partition coefficient (Wildman–Crippen LogP) is 3.17. The first-order valence-electron chi connectivity index (χ1n) is 6.85. The SMILES string of the molecule is Cc1ccc(-n2nnnc2SCc2ccccc2[N+](=O)[O-])cc1. The van der Waals surface area contributed by atoms with Crippen molar-refractivity contribution in [1.82, 2.24) is 20.2 Å². The van der Waals surface area contributed by atoms with Crippen molar-refractivity contribution >= 4 is 17.4 Å². The van der Waals surface area contributed by atoms with Crippen LogP contribution in [0.5, 0.6) is 0 Å². The molecule has 0 fully saturated rings. The number of hydrogen-bond donors (Lipinski definition) is 0. The minimum Gasteiger partial charge on any atom is -0.258 e. The molecule has 7 nitrogen and oxygen atoms in total. The van der Waals surface area contributed by atoms with Crippen molar-refractivity contribution in [2.75, 3.05) is 0 Å². The summed E-state index contributed by atoms with van der Waals surface area (Å²) in [6.07, 6.45) is 0. The van der Waals surface area contributed by atoms with E-state index in [1.54, 1.807) is 22.9 Å². The van der Waals surface area contributed by atoms with Gasteiger partial charge in [-0.1, -0.05) is 47.7 Å². The van der Waals surface area contributed by atoms with Crippen LogP contribution in [0.1, 0.15) is 11.1 Å². The molecule has 0 spiro atoms. The third-order valence-corrected chi connectivity index (χ3v) is 4.23. The van der Waals surface area contributed by atoms with Crippen LogP contribution in [-0.4, -0.2) is 25.1 Å². The van der Waals surface area contributed by atoms with Gasteiger partial charge in [0.1, 0.15) is 0 Å². The molecule has 2 aromatic carbocycles. The second kappa shape index (κ2) is 6.57. The fraction of sp³-hybridized carbons (Fsp3) is 0.133. The Morgan fingerprint density at radius 1 is 1.17 bits per heavy atom. The molecule has 0 aliphatic rings. The van der Waals surface area contributed by atoms with E-state index >= 15 is 0 Å². The Morgan fingerprint density at radius 2 is 1.91 bits per heavy atom. The molecule has 0 aliphatic carbocycles. The van der Waals surface area contributed by atoms with Gasteiger partial charge in [-0.25, -0.2) is 0 Å². The van der Waals surface area contributed by atoms with Crippen molar-refractivity contribution in [2.45, 2.75) is 17.8 Å². The third-order valence-electron chi connectivity index (χ3n) is 3.26. The van der Waals surface area contributed by atoms with E-state index in [4.69, 9.17) is 0 Å². The summed E-state index contributed by atoms with van der Waals surface area (Å²) in [6.45, 7) is 2.01. The largest absolute Gasteiger partial charge is 0.273 e. The predicted molar refractivity (Wildman–Crippen MR) is 86.5 cm³/mol. The highest BCUT2D eigenvalue weighted by Gasteiger charge is 2.15. The lowest BCUT2D eigenvalue weighted by Gasteiger charge is -2.05. The minimum atomic E-state index is -0.376. The monoisotopic (exact) mass is 327 g/mol. The molecule has 0 amide bonds. The normalized spacial score (nSPS) is 10.7. The van der Waals surface area contributed by atoms with Gasteiger partial charge in [0.15, 0.2) is 0 Å². The van der Waals surface area contributed by atoms with Gasteiger partial charge in [-0.05, 0) is 29.5 Å². The van der Waals surface area contributed by atoms with Crippen LogP contribution in [-0.2, 0) is 5.75 Å². The summed E-state index contributed by atoms with van der Waals surface area (Å²) in [5, 5.41) is 23.3. The fourth-order valence-electron chi connectivity index (χ4n) is 2.07. The van der Waals surface area contributed by atoms with Crippen LogP contribution in [0.25, 0.3) is 5.69 Å². The Morgan fingerprint density at radius 3 is 2.65 bits per heavy atom. The Hall–Kier alpha value is -2.74. The van der Waals surface area contributed by atoms with Crippen LogP contribution in [0, 0.1) is 17.0 Å². The molecule has 0 unspecified atom stereocenters. The number of aromatic nitrogens is 4. The lowest BCUT2D eigenvalue weighted by Crippen LogP contribution is -1.99. The Balaban J connectivity index is 1.82. The first-order chi connectivity index (χ1) is 11.1. The number of thioether (sulfide) groups is 1. The average molecular weight is 327 g/mol. The van der Waals surface area contributed by atoms with Gasteiger partial charge in [-0.15, -0.1) is 5.10 Å². The molecule has 0 saturated heterocycles. The molecule has 8 heteroatoms. The molecule has 0 bridgehead atoms. The van der Waals surface area contributed by atoms with Gasteiger partial charge in [0.05, 0.1) is 10.6 Å². The van der Waals surface area contributed by atoms with Gasteiger partial charge in [-0.3, -0.25) is 10.1 Å². The number of nitro groups is 1. The topological polar surface area (TPSA) is 86.7 Å². The highest BCUT2D eigenvalue weighted by molar-refractivity contribution is 7.98. The maximum absolute atomic E-state index is 11.1. The van der Waals surface area contributed by atoms with Crippen LogP contribution < -0.4 is 0 Å². The lowest BCUT2D eigenvalue weighted by molar-refractivity contribution is -0.385. The number of rotatable bonds is 5. The number of para-hydroxylation sites is 1. The van der Waals surface area contributed by atoms with Gasteiger partial charge in [0.25, 0.3) is 5.69 Å². The van der Waals surface area contributed by atoms with Crippen molar-refractivity contribution in [3.05, 3.63) is 69.8 Å². The molecule has 0 radical (unpaired) electrons. The molecule has 0 N–H and O–H groups in total. The fourth-order valence-corrected chi connectivity index (χ4v) is 2.96. The molecular formula is C15H13N5O2S. The number of benzene rings is 2. The summed E-state index contributed by atoms with van der Waals surface area (Å²) < 4.78 is 1.62. The minimum absolute atomic E-state index is 0.106. The smallest absolute Gasteiger partial charge is 0.258 e. The molecule has 0 saturated carbocycles. The van der Waals surface area contributed by atoms with E-state index < -0.39 is 0 Å². The zero-order chi connectivity index (χ0) is 16.2. The zero-order valence-electron chi connectivity index (χ0n) is 12.3. The zero-order valence-corrected chi connectivity index (χ0v) is 13.1. The maximum Gasteiger partial charge on any atom is 0.273 e. The number of tetrazole rings is 1. The summed E-state index contributed by atoms with van der Waals surface area (Å²) in [5.74, 6) is 0.420. The van der Waals surface area contributed by atoms with Crippen molar-refractivity contribution in [2.24, 2.45) is 0 Å². The summed E-state index contributed by atoms with van der Waals surface area (Å²) in [6, 6.07) is 14.5. The van der Waals surface area contributed by atoms with E-state index in [1.807, 2.05) is 31.2 Å².